The van der Waals surface area contributed by atoms with E-state index in [9.17, 15) is 5.11 Å². The Balaban J connectivity index is 0.000000806. The molecule has 3 heteroatoms. The van der Waals surface area contributed by atoms with Crippen LogP contribution in [0.4, 0.5) is 0 Å². The maximum atomic E-state index is 11.3. The van der Waals surface area contributed by atoms with Crippen molar-refractivity contribution < 1.29 is 15.3 Å². The van der Waals surface area contributed by atoms with Gasteiger partial charge in [0.2, 0.25) is 0 Å². The van der Waals surface area contributed by atoms with Crippen LogP contribution in [0, 0.1) is 40.4 Å². The molecule has 0 aromatic rings. The van der Waals surface area contributed by atoms with Crippen LogP contribution in [0.1, 0.15) is 111 Å². The van der Waals surface area contributed by atoms with E-state index >= 15 is 0 Å². The summed E-state index contributed by atoms with van der Waals surface area (Å²) in [6.07, 6.45) is 18.4. The van der Waals surface area contributed by atoms with E-state index in [1.807, 2.05) is 0 Å². The highest BCUT2D eigenvalue weighted by Crippen LogP contribution is 2.67. The van der Waals surface area contributed by atoms with Gasteiger partial charge in [0.25, 0.3) is 0 Å². The molecule has 8 unspecified atom stereocenters. The van der Waals surface area contributed by atoms with E-state index in [4.69, 9.17) is 10.2 Å². The molecule has 0 radical (unpaired) electrons. The zero-order chi connectivity index (χ0) is 21.8. The molecule has 8 atom stereocenters. The average molecular weight is 423 g/mol. The zero-order valence-corrected chi connectivity index (χ0v) is 20.1. The standard InChI is InChI=1S/C25H44O2.C2H6O/c1-24-14-7-6-10-19(24)17-22(27)23-20-12-11-18(9-5-3-4-8-16-26)25(20,2)15-13-21(23)24;1-2-3/h18-23,26-27H,3-17H2,1-2H3;3H,2H2,1H3. The molecule has 0 aromatic carbocycles. The Morgan fingerprint density at radius 3 is 2.23 bits per heavy atom. The molecule has 30 heavy (non-hydrogen) atoms. The van der Waals surface area contributed by atoms with Crippen LogP contribution in [0.5, 0.6) is 0 Å². The van der Waals surface area contributed by atoms with E-state index in [0.717, 1.165) is 36.5 Å². The van der Waals surface area contributed by atoms with Gasteiger partial charge in [-0.05, 0) is 105 Å². The van der Waals surface area contributed by atoms with E-state index in [2.05, 4.69) is 13.8 Å². The van der Waals surface area contributed by atoms with Gasteiger partial charge in [0.1, 0.15) is 0 Å². The lowest BCUT2D eigenvalue weighted by molar-refractivity contribution is -0.162. The highest BCUT2D eigenvalue weighted by atomic mass is 16.3. The fourth-order valence-corrected chi connectivity index (χ4v) is 8.69. The van der Waals surface area contributed by atoms with Gasteiger partial charge in [0.15, 0.2) is 0 Å². The predicted molar refractivity (Wildman–Crippen MR) is 124 cm³/mol. The monoisotopic (exact) mass is 422 g/mol. The Morgan fingerprint density at radius 2 is 1.50 bits per heavy atom. The minimum atomic E-state index is -0.0286. The molecule has 0 saturated heterocycles. The molecule has 4 aliphatic rings. The maximum Gasteiger partial charge on any atom is 0.0577 e. The number of fused-ring (bicyclic) bond motifs is 5. The Morgan fingerprint density at radius 1 is 0.800 bits per heavy atom. The van der Waals surface area contributed by atoms with Gasteiger partial charge in [-0.2, -0.15) is 0 Å². The molecule has 0 aromatic heterocycles. The normalized spacial score (nSPS) is 45.0. The smallest absolute Gasteiger partial charge is 0.0577 e. The van der Waals surface area contributed by atoms with Gasteiger partial charge < -0.3 is 15.3 Å². The van der Waals surface area contributed by atoms with Crippen molar-refractivity contribution in [2.45, 2.75) is 117 Å². The van der Waals surface area contributed by atoms with Gasteiger partial charge in [-0.3, -0.25) is 0 Å². The Hall–Kier alpha value is -0.120. The molecular formula is C27H50O3. The Labute approximate surface area is 186 Å². The highest BCUT2D eigenvalue weighted by molar-refractivity contribution is 5.10. The zero-order valence-electron chi connectivity index (χ0n) is 20.1. The van der Waals surface area contributed by atoms with Crippen LogP contribution >= 0.6 is 0 Å². The Bertz CT molecular complexity index is 522. The molecule has 0 aliphatic heterocycles. The molecule has 3 N–H and O–H groups in total. The average Bonchev–Trinajstić information content (AvgIpc) is 3.05. The SMILES string of the molecule is CC12CCC3C(C(O)CC4CCCCC43C)C1CCC2CCCCCCO.CCO. The van der Waals surface area contributed by atoms with Crippen LogP contribution in [-0.4, -0.2) is 34.6 Å². The quantitative estimate of drug-likeness (QED) is 0.464. The van der Waals surface area contributed by atoms with Gasteiger partial charge in [0, 0.05) is 13.2 Å². The second-order valence-corrected chi connectivity index (χ2v) is 11.6. The molecule has 3 nitrogen and oxygen atoms in total. The third kappa shape index (κ3) is 4.64. The molecule has 4 fully saturated rings. The fourth-order valence-electron chi connectivity index (χ4n) is 8.69. The van der Waals surface area contributed by atoms with Crippen molar-refractivity contribution in [1.29, 1.82) is 0 Å². The van der Waals surface area contributed by atoms with Gasteiger partial charge in [0.05, 0.1) is 6.10 Å². The van der Waals surface area contributed by atoms with Crippen molar-refractivity contribution in [1.82, 2.24) is 0 Å². The lowest BCUT2D eigenvalue weighted by Crippen LogP contribution is -2.57. The molecule has 0 heterocycles. The second kappa shape index (κ2) is 10.7. The predicted octanol–water partition coefficient (Wildman–Crippen LogP) is 5.95. The summed E-state index contributed by atoms with van der Waals surface area (Å²) in [6.45, 7) is 7.49. The topological polar surface area (TPSA) is 60.7 Å². The summed E-state index contributed by atoms with van der Waals surface area (Å²) < 4.78 is 0. The lowest BCUT2D eigenvalue weighted by atomic mass is 9.44. The first-order valence-electron chi connectivity index (χ1n) is 13.3. The van der Waals surface area contributed by atoms with Gasteiger partial charge in [-0.15, -0.1) is 0 Å². The Kier molecular flexibility index (Phi) is 8.72. The molecular weight excluding hydrogens is 372 g/mol. The molecule has 0 amide bonds. The number of rotatable bonds is 6. The minimum absolute atomic E-state index is 0.0286. The first-order chi connectivity index (χ1) is 14.4. The van der Waals surface area contributed by atoms with Crippen molar-refractivity contribution in [2.24, 2.45) is 40.4 Å². The van der Waals surface area contributed by atoms with Gasteiger partial charge in [-0.1, -0.05) is 46.0 Å². The molecule has 4 aliphatic carbocycles. The van der Waals surface area contributed by atoms with Gasteiger partial charge >= 0.3 is 0 Å². The summed E-state index contributed by atoms with van der Waals surface area (Å²) in [4.78, 5) is 0. The van der Waals surface area contributed by atoms with Crippen LogP contribution < -0.4 is 0 Å². The number of hydrogen-bond acceptors (Lipinski definition) is 3. The summed E-state index contributed by atoms with van der Waals surface area (Å²) in [6, 6.07) is 0. The van der Waals surface area contributed by atoms with Crippen molar-refractivity contribution in [2.75, 3.05) is 13.2 Å². The number of unbranched alkanes of at least 4 members (excludes halogenated alkanes) is 3. The van der Waals surface area contributed by atoms with Crippen molar-refractivity contribution >= 4 is 0 Å². The van der Waals surface area contributed by atoms with Crippen LogP contribution in [0.15, 0.2) is 0 Å². The molecule has 0 spiro atoms. The molecule has 0 bridgehead atoms. The van der Waals surface area contributed by atoms with E-state index in [0.29, 0.717) is 23.4 Å². The number of hydrogen-bond donors (Lipinski definition) is 3. The van der Waals surface area contributed by atoms with Crippen molar-refractivity contribution in [3.63, 3.8) is 0 Å². The lowest BCUT2D eigenvalue weighted by Gasteiger charge is -2.62. The fraction of sp³-hybridized carbons (Fsp3) is 1.00. The van der Waals surface area contributed by atoms with Crippen LogP contribution in [0.2, 0.25) is 0 Å². The highest BCUT2D eigenvalue weighted by Gasteiger charge is 2.61. The van der Waals surface area contributed by atoms with E-state index < -0.39 is 0 Å². The summed E-state index contributed by atoms with van der Waals surface area (Å²) in [7, 11) is 0. The first-order valence-corrected chi connectivity index (χ1v) is 13.3. The minimum Gasteiger partial charge on any atom is -0.397 e. The van der Waals surface area contributed by atoms with E-state index in [-0.39, 0.29) is 12.7 Å². The summed E-state index contributed by atoms with van der Waals surface area (Å²) in [5, 5.41) is 27.8. The second-order valence-electron chi connectivity index (χ2n) is 11.6. The third-order valence-corrected chi connectivity index (χ3v) is 10.3. The largest absolute Gasteiger partial charge is 0.397 e. The number of aliphatic hydroxyl groups is 3. The number of aliphatic hydroxyl groups excluding tert-OH is 3. The summed E-state index contributed by atoms with van der Waals surface area (Å²) in [5.74, 6) is 3.81. The first kappa shape index (κ1) is 24.5. The van der Waals surface area contributed by atoms with Crippen LogP contribution in [0.25, 0.3) is 0 Å². The maximum absolute atomic E-state index is 11.3. The van der Waals surface area contributed by atoms with E-state index in [1.165, 1.54) is 77.0 Å². The van der Waals surface area contributed by atoms with Gasteiger partial charge in [-0.25, -0.2) is 0 Å². The van der Waals surface area contributed by atoms with Crippen LogP contribution in [0.3, 0.4) is 0 Å². The molecule has 4 saturated carbocycles. The van der Waals surface area contributed by atoms with Crippen LogP contribution in [-0.2, 0) is 0 Å². The van der Waals surface area contributed by atoms with Crippen molar-refractivity contribution in [3.05, 3.63) is 0 Å². The van der Waals surface area contributed by atoms with E-state index in [1.54, 1.807) is 6.92 Å². The molecule has 176 valence electrons. The summed E-state index contributed by atoms with van der Waals surface area (Å²) >= 11 is 0. The van der Waals surface area contributed by atoms with Crippen molar-refractivity contribution in [3.8, 4) is 0 Å². The molecule has 4 rings (SSSR count). The third-order valence-electron chi connectivity index (χ3n) is 10.3. The summed E-state index contributed by atoms with van der Waals surface area (Å²) in [5.41, 5.74) is 1.00.